The van der Waals surface area contributed by atoms with E-state index in [2.05, 4.69) is 12.2 Å². The Balaban J connectivity index is 2.20. The highest BCUT2D eigenvalue weighted by Crippen LogP contribution is 2.35. The van der Waals surface area contributed by atoms with Crippen molar-refractivity contribution in [2.75, 3.05) is 12.4 Å². The number of halogens is 1. The van der Waals surface area contributed by atoms with Crippen LogP contribution in [0, 0.1) is 5.92 Å². The van der Waals surface area contributed by atoms with Crippen LogP contribution in [-0.2, 0) is 4.79 Å². The summed E-state index contributed by atoms with van der Waals surface area (Å²) < 4.78 is 0. The van der Waals surface area contributed by atoms with Crippen molar-refractivity contribution in [1.82, 2.24) is 4.90 Å². The van der Waals surface area contributed by atoms with Crippen LogP contribution in [0.4, 0.5) is 0 Å². The van der Waals surface area contributed by atoms with Crippen molar-refractivity contribution in [2.24, 2.45) is 5.92 Å². The van der Waals surface area contributed by atoms with Gasteiger partial charge in [0.25, 0.3) is 0 Å². The van der Waals surface area contributed by atoms with E-state index in [1.54, 1.807) is 0 Å². The number of carbonyl (C=O) groups excluding carboxylic acids is 1. The third kappa shape index (κ3) is 1.83. The van der Waals surface area contributed by atoms with Gasteiger partial charge >= 0.3 is 0 Å². The van der Waals surface area contributed by atoms with Crippen molar-refractivity contribution in [2.45, 2.75) is 26.2 Å². The minimum absolute atomic E-state index is 0.0480. The van der Waals surface area contributed by atoms with Crippen LogP contribution in [0.1, 0.15) is 26.2 Å². The van der Waals surface area contributed by atoms with Gasteiger partial charge in [-0.3, -0.25) is 4.79 Å². The van der Waals surface area contributed by atoms with Crippen molar-refractivity contribution in [3.05, 3.63) is 23.4 Å². The largest absolute Gasteiger partial charge is 0.315 e. The molecule has 15 heavy (non-hydrogen) atoms. The number of nitrogens with zero attached hydrogens (tertiary/aromatic N) is 1. The fourth-order valence-electron chi connectivity index (χ4n) is 2.32. The first-order valence-corrected chi connectivity index (χ1v) is 6.06. The lowest BCUT2D eigenvalue weighted by Crippen LogP contribution is -2.29. The Bertz CT molecular complexity index is 333. The average molecular weight is 226 g/mol. The standard InChI is InChI=1S/C12H16ClNO/c1-9-10-5-2-3-6-11(10)14(12(9)15)8-4-7-13/h2,5,9H,3-4,6-8H2,1H3. The molecule has 0 aromatic heterocycles. The van der Waals surface area contributed by atoms with Crippen LogP contribution >= 0.6 is 11.6 Å². The zero-order valence-corrected chi connectivity index (χ0v) is 9.76. The summed E-state index contributed by atoms with van der Waals surface area (Å²) in [6.07, 6.45) is 7.21. The molecule has 0 fully saturated rings. The van der Waals surface area contributed by atoms with Gasteiger partial charge in [0.05, 0.1) is 5.92 Å². The second-order valence-corrected chi connectivity index (χ2v) is 4.48. The van der Waals surface area contributed by atoms with Gasteiger partial charge in [0.15, 0.2) is 0 Å². The third-order valence-corrected chi connectivity index (χ3v) is 3.39. The quantitative estimate of drug-likeness (QED) is 0.677. The molecule has 0 spiro atoms. The van der Waals surface area contributed by atoms with Gasteiger partial charge in [-0.05, 0) is 31.8 Å². The van der Waals surface area contributed by atoms with Gasteiger partial charge in [-0.1, -0.05) is 12.2 Å². The third-order valence-electron chi connectivity index (χ3n) is 3.12. The summed E-state index contributed by atoms with van der Waals surface area (Å²) in [4.78, 5) is 13.9. The number of carbonyl (C=O) groups is 1. The molecule has 0 saturated heterocycles. The number of amides is 1. The molecule has 3 heteroatoms. The Morgan fingerprint density at radius 3 is 3.13 bits per heavy atom. The Morgan fingerprint density at radius 2 is 2.40 bits per heavy atom. The highest BCUT2D eigenvalue weighted by atomic mass is 35.5. The predicted molar refractivity (Wildman–Crippen MR) is 61.6 cm³/mol. The van der Waals surface area contributed by atoms with Crippen LogP contribution < -0.4 is 0 Å². The SMILES string of the molecule is CC1C(=O)N(CCCCl)C2=C1C=CCC2. The lowest BCUT2D eigenvalue weighted by molar-refractivity contribution is -0.130. The molecule has 1 heterocycles. The Morgan fingerprint density at radius 1 is 1.60 bits per heavy atom. The smallest absolute Gasteiger partial charge is 0.234 e. The maximum Gasteiger partial charge on any atom is 0.234 e. The average Bonchev–Trinajstić information content (AvgIpc) is 2.51. The van der Waals surface area contributed by atoms with E-state index in [9.17, 15) is 4.79 Å². The first-order chi connectivity index (χ1) is 7.25. The number of alkyl halides is 1. The maximum atomic E-state index is 12.0. The Labute approximate surface area is 95.6 Å². The predicted octanol–water partition coefficient (Wildman–Crippen LogP) is 2.70. The van der Waals surface area contributed by atoms with Crippen LogP contribution in [0.5, 0.6) is 0 Å². The van der Waals surface area contributed by atoms with Gasteiger partial charge in [0.1, 0.15) is 0 Å². The second kappa shape index (κ2) is 4.40. The van der Waals surface area contributed by atoms with E-state index in [4.69, 9.17) is 11.6 Å². The fourth-order valence-corrected chi connectivity index (χ4v) is 2.44. The zero-order valence-electron chi connectivity index (χ0n) is 9.00. The van der Waals surface area contributed by atoms with Crippen molar-refractivity contribution >= 4 is 17.5 Å². The van der Waals surface area contributed by atoms with E-state index in [-0.39, 0.29) is 11.8 Å². The molecule has 2 aliphatic rings. The van der Waals surface area contributed by atoms with Crippen LogP contribution in [0.25, 0.3) is 0 Å². The summed E-state index contributed by atoms with van der Waals surface area (Å²) in [5, 5.41) is 0. The first kappa shape index (κ1) is 10.7. The summed E-state index contributed by atoms with van der Waals surface area (Å²) in [5.41, 5.74) is 2.46. The normalized spacial score (nSPS) is 25.1. The van der Waals surface area contributed by atoms with Crippen LogP contribution in [0.3, 0.4) is 0 Å². The minimum Gasteiger partial charge on any atom is -0.315 e. The first-order valence-electron chi connectivity index (χ1n) is 5.52. The molecule has 82 valence electrons. The monoisotopic (exact) mass is 225 g/mol. The zero-order chi connectivity index (χ0) is 10.8. The van der Waals surface area contributed by atoms with E-state index in [1.165, 1.54) is 11.3 Å². The van der Waals surface area contributed by atoms with E-state index in [0.717, 1.165) is 25.8 Å². The van der Waals surface area contributed by atoms with E-state index in [0.29, 0.717) is 5.88 Å². The summed E-state index contributed by atoms with van der Waals surface area (Å²) in [7, 11) is 0. The van der Waals surface area contributed by atoms with Crippen LogP contribution in [-0.4, -0.2) is 23.2 Å². The highest BCUT2D eigenvalue weighted by molar-refractivity contribution is 6.17. The molecule has 1 aliphatic heterocycles. The van der Waals surface area contributed by atoms with Crippen molar-refractivity contribution < 1.29 is 4.79 Å². The second-order valence-electron chi connectivity index (χ2n) is 4.10. The molecule has 2 rings (SSSR count). The summed E-state index contributed by atoms with van der Waals surface area (Å²) in [5.74, 6) is 0.917. The molecule has 2 nitrogen and oxygen atoms in total. The number of rotatable bonds is 3. The molecule has 1 amide bonds. The van der Waals surface area contributed by atoms with Gasteiger partial charge < -0.3 is 4.90 Å². The highest BCUT2D eigenvalue weighted by Gasteiger charge is 2.35. The van der Waals surface area contributed by atoms with Crippen molar-refractivity contribution in [3.8, 4) is 0 Å². The lowest BCUT2D eigenvalue weighted by Gasteiger charge is -2.21. The molecule has 0 saturated carbocycles. The van der Waals surface area contributed by atoms with E-state index >= 15 is 0 Å². The summed E-state index contributed by atoms with van der Waals surface area (Å²) in [6.45, 7) is 2.77. The fraction of sp³-hybridized carbons (Fsp3) is 0.583. The van der Waals surface area contributed by atoms with Gasteiger partial charge in [-0.2, -0.15) is 0 Å². The molecule has 0 aromatic rings. The van der Waals surface area contributed by atoms with E-state index < -0.39 is 0 Å². The summed E-state index contributed by atoms with van der Waals surface area (Å²) >= 11 is 5.67. The van der Waals surface area contributed by atoms with Crippen molar-refractivity contribution in [1.29, 1.82) is 0 Å². The maximum absolute atomic E-state index is 12.0. The van der Waals surface area contributed by atoms with Crippen molar-refractivity contribution in [3.63, 3.8) is 0 Å². The molecule has 0 N–H and O–H groups in total. The molecule has 1 aliphatic carbocycles. The van der Waals surface area contributed by atoms with Gasteiger partial charge in [-0.25, -0.2) is 0 Å². The van der Waals surface area contributed by atoms with E-state index in [1.807, 2.05) is 11.8 Å². The molecule has 0 bridgehead atoms. The molecule has 1 unspecified atom stereocenters. The Hall–Kier alpha value is -0.760. The molecular weight excluding hydrogens is 210 g/mol. The molecule has 0 aromatic carbocycles. The van der Waals surface area contributed by atoms with Gasteiger partial charge in [0, 0.05) is 18.1 Å². The molecular formula is C12H16ClNO. The molecule has 0 radical (unpaired) electrons. The number of hydrogen-bond acceptors (Lipinski definition) is 1. The van der Waals surface area contributed by atoms with Crippen LogP contribution in [0.2, 0.25) is 0 Å². The number of hydrogen-bond donors (Lipinski definition) is 0. The summed E-state index contributed by atoms with van der Waals surface area (Å²) in [6, 6.07) is 0. The lowest BCUT2D eigenvalue weighted by atomic mass is 9.97. The van der Waals surface area contributed by atoms with Gasteiger partial charge in [0.2, 0.25) is 5.91 Å². The molecule has 1 atom stereocenters. The van der Waals surface area contributed by atoms with Gasteiger partial charge in [-0.15, -0.1) is 11.6 Å². The minimum atomic E-state index is 0.0480. The van der Waals surface area contributed by atoms with Crippen LogP contribution in [0.15, 0.2) is 23.4 Å². The Kier molecular flexibility index (Phi) is 3.15. The number of allylic oxidation sites excluding steroid dienone is 3. The topological polar surface area (TPSA) is 20.3 Å².